The van der Waals surface area contributed by atoms with E-state index in [4.69, 9.17) is 0 Å². The van der Waals surface area contributed by atoms with E-state index in [-0.39, 0.29) is 0 Å². The van der Waals surface area contributed by atoms with Gasteiger partial charge in [0.05, 0.1) is 0 Å². The number of rotatable bonds is 8. The van der Waals surface area contributed by atoms with Gasteiger partial charge >= 0.3 is 0 Å². The highest BCUT2D eigenvalue weighted by Crippen LogP contribution is 2.49. The summed E-state index contributed by atoms with van der Waals surface area (Å²) in [5, 5.41) is 6.84. The van der Waals surface area contributed by atoms with Crippen molar-refractivity contribution in [1.82, 2.24) is 9.97 Å². The molecule has 4 nitrogen and oxygen atoms in total. The Morgan fingerprint density at radius 3 is 2.50 bits per heavy atom. The van der Waals surface area contributed by atoms with Crippen molar-refractivity contribution >= 4 is 11.8 Å². The molecule has 0 amide bonds. The predicted octanol–water partition coefficient (Wildman–Crippen LogP) is 3.46. The van der Waals surface area contributed by atoms with Crippen molar-refractivity contribution in [3.8, 4) is 0 Å². The van der Waals surface area contributed by atoms with Crippen LogP contribution in [0.15, 0.2) is 6.20 Å². The molecule has 2 aliphatic rings. The van der Waals surface area contributed by atoms with Crippen LogP contribution < -0.4 is 10.6 Å². The van der Waals surface area contributed by atoms with Crippen LogP contribution in [0, 0.1) is 24.7 Å². The molecule has 0 unspecified atom stereocenters. The van der Waals surface area contributed by atoms with Crippen molar-refractivity contribution in [2.45, 2.75) is 46.0 Å². The maximum absolute atomic E-state index is 4.61. The Morgan fingerprint density at radius 2 is 1.90 bits per heavy atom. The third kappa shape index (κ3) is 3.41. The molecule has 1 aromatic rings. The molecule has 3 rings (SSSR count). The Hall–Kier alpha value is -1.32. The van der Waals surface area contributed by atoms with E-state index in [2.05, 4.69) is 34.4 Å². The van der Waals surface area contributed by atoms with Gasteiger partial charge in [0.2, 0.25) is 5.95 Å². The van der Waals surface area contributed by atoms with Crippen molar-refractivity contribution in [1.29, 1.82) is 0 Å². The summed E-state index contributed by atoms with van der Waals surface area (Å²) < 4.78 is 0. The molecule has 4 heteroatoms. The van der Waals surface area contributed by atoms with Crippen LogP contribution >= 0.6 is 0 Å². The van der Waals surface area contributed by atoms with Crippen molar-refractivity contribution in [3.63, 3.8) is 0 Å². The maximum Gasteiger partial charge on any atom is 0.224 e. The van der Waals surface area contributed by atoms with Gasteiger partial charge in [-0.1, -0.05) is 6.92 Å². The molecule has 0 atom stereocenters. The summed E-state index contributed by atoms with van der Waals surface area (Å²) >= 11 is 0. The number of nitrogens with one attached hydrogen (secondary N) is 2. The summed E-state index contributed by atoms with van der Waals surface area (Å²) in [6, 6.07) is 0. The minimum absolute atomic E-state index is 0.745. The summed E-state index contributed by atoms with van der Waals surface area (Å²) in [7, 11) is 0. The van der Waals surface area contributed by atoms with E-state index in [0.29, 0.717) is 0 Å². The predicted molar refractivity (Wildman–Crippen MR) is 83.0 cm³/mol. The van der Waals surface area contributed by atoms with Crippen LogP contribution in [-0.2, 0) is 0 Å². The van der Waals surface area contributed by atoms with Crippen LogP contribution in [0.5, 0.6) is 0 Å². The van der Waals surface area contributed by atoms with Crippen LogP contribution in [0.1, 0.15) is 44.6 Å². The highest BCUT2D eigenvalue weighted by molar-refractivity contribution is 5.46. The lowest BCUT2D eigenvalue weighted by Gasteiger charge is -2.18. The van der Waals surface area contributed by atoms with E-state index in [0.717, 1.165) is 54.6 Å². The zero-order valence-corrected chi connectivity index (χ0v) is 12.7. The Kier molecular flexibility index (Phi) is 4.08. The summed E-state index contributed by atoms with van der Waals surface area (Å²) in [4.78, 5) is 8.94. The molecule has 20 heavy (non-hydrogen) atoms. The molecule has 0 aromatic carbocycles. The summed E-state index contributed by atoms with van der Waals surface area (Å²) in [6.07, 6.45) is 8.76. The maximum atomic E-state index is 4.61. The number of aromatic nitrogens is 2. The van der Waals surface area contributed by atoms with Gasteiger partial charge in [-0.15, -0.1) is 0 Å². The molecule has 0 saturated heterocycles. The van der Waals surface area contributed by atoms with Crippen LogP contribution in [0.4, 0.5) is 11.8 Å². The van der Waals surface area contributed by atoms with Gasteiger partial charge in [0, 0.05) is 24.8 Å². The van der Waals surface area contributed by atoms with Crippen molar-refractivity contribution in [2.75, 3.05) is 23.7 Å². The van der Waals surface area contributed by atoms with Crippen LogP contribution in [0.25, 0.3) is 0 Å². The second-order valence-electron chi connectivity index (χ2n) is 6.37. The van der Waals surface area contributed by atoms with E-state index >= 15 is 0 Å². The van der Waals surface area contributed by atoms with Gasteiger partial charge in [0.15, 0.2) is 0 Å². The minimum Gasteiger partial charge on any atom is -0.369 e. The molecule has 0 aliphatic heterocycles. The number of anilines is 2. The lowest BCUT2D eigenvalue weighted by Crippen LogP contribution is -2.19. The zero-order valence-electron chi connectivity index (χ0n) is 12.7. The summed E-state index contributed by atoms with van der Waals surface area (Å²) in [6.45, 7) is 6.24. The number of hydrogen-bond acceptors (Lipinski definition) is 4. The fourth-order valence-electron chi connectivity index (χ4n) is 2.92. The van der Waals surface area contributed by atoms with Crippen LogP contribution in [-0.4, -0.2) is 23.1 Å². The van der Waals surface area contributed by atoms with Crippen molar-refractivity contribution < 1.29 is 0 Å². The molecule has 110 valence electrons. The van der Waals surface area contributed by atoms with Gasteiger partial charge in [0.1, 0.15) is 5.82 Å². The second-order valence-corrected chi connectivity index (χ2v) is 6.37. The zero-order chi connectivity index (χ0) is 13.9. The number of nitrogens with zero attached hydrogens (tertiary/aromatic N) is 2. The van der Waals surface area contributed by atoms with Crippen LogP contribution in [0.2, 0.25) is 0 Å². The van der Waals surface area contributed by atoms with E-state index in [1.807, 2.05) is 6.20 Å². The molecular weight excluding hydrogens is 248 g/mol. The third-order valence-electron chi connectivity index (χ3n) is 4.47. The first kappa shape index (κ1) is 13.7. The first-order valence-electron chi connectivity index (χ1n) is 8.09. The molecule has 2 N–H and O–H groups in total. The van der Waals surface area contributed by atoms with E-state index in [1.165, 1.54) is 25.7 Å². The number of aryl methyl sites for hydroxylation is 1. The second kappa shape index (κ2) is 5.98. The van der Waals surface area contributed by atoms with Gasteiger partial charge in [-0.25, -0.2) is 4.98 Å². The molecule has 2 fully saturated rings. The lowest BCUT2D eigenvalue weighted by molar-refractivity contribution is 0.427. The quantitative estimate of drug-likeness (QED) is 0.762. The van der Waals surface area contributed by atoms with Crippen molar-refractivity contribution in [3.05, 3.63) is 11.8 Å². The van der Waals surface area contributed by atoms with Gasteiger partial charge in [-0.2, -0.15) is 4.98 Å². The number of hydrogen-bond donors (Lipinski definition) is 2. The highest BCUT2D eigenvalue weighted by atomic mass is 15.1. The van der Waals surface area contributed by atoms with Gasteiger partial charge < -0.3 is 10.6 Å². The Morgan fingerprint density at radius 1 is 1.20 bits per heavy atom. The standard InChI is InChI=1S/C16H26N4/c1-3-8-17-16-19-9-11(2)15(20-16)18-10-14(12-4-5-12)13-6-7-13/h9,12-14H,3-8,10H2,1-2H3,(H2,17,18,19,20). The van der Waals surface area contributed by atoms with Crippen LogP contribution in [0.3, 0.4) is 0 Å². The molecule has 1 aromatic heterocycles. The molecule has 1 heterocycles. The molecule has 2 saturated carbocycles. The lowest BCUT2D eigenvalue weighted by atomic mass is 9.98. The smallest absolute Gasteiger partial charge is 0.224 e. The van der Waals surface area contributed by atoms with E-state index < -0.39 is 0 Å². The van der Waals surface area contributed by atoms with Gasteiger partial charge in [-0.05, 0) is 56.8 Å². The first-order valence-corrected chi connectivity index (χ1v) is 8.09. The Bertz CT molecular complexity index is 440. The monoisotopic (exact) mass is 274 g/mol. The Balaban J connectivity index is 1.60. The summed E-state index contributed by atoms with van der Waals surface area (Å²) in [5.41, 5.74) is 1.14. The molecule has 0 radical (unpaired) electrons. The largest absolute Gasteiger partial charge is 0.369 e. The highest BCUT2D eigenvalue weighted by Gasteiger charge is 2.41. The first-order chi connectivity index (χ1) is 9.78. The molecule has 2 aliphatic carbocycles. The normalized spacial score (nSPS) is 18.4. The fraction of sp³-hybridized carbons (Fsp3) is 0.750. The average Bonchev–Trinajstić information content (AvgIpc) is 3.32. The molecule has 0 spiro atoms. The van der Waals surface area contributed by atoms with E-state index in [9.17, 15) is 0 Å². The SMILES string of the molecule is CCCNc1ncc(C)c(NCC(C2CC2)C2CC2)n1. The molecular formula is C16H26N4. The summed E-state index contributed by atoms with van der Waals surface area (Å²) in [5.74, 6) is 4.58. The topological polar surface area (TPSA) is 49.8 Å². The van der Waals surface area contributed by atoms with Gasteiger partial charge in [-0.3, -0.25) is 0 Å². The molecule has 0 bridgehead atoms. The fourth-order valence-corrected chi connectivity index (χ4v) is 2.92. The van der Waals surface area contributed by atoms with E-state index in [1.54, 1.807) is 0 Å². The minimum atomic E-state index is 0.745. The Labute approximate surface area is 121 Å². The van der Waals surface area contributed by atoms with Gasteiger partial charge in [0.25, 0.3) is 0 Å². The third-order valence-corrected chi connectivity index (χ3v) is 4.47. The average molecular weight is 274 g/mol. The van der Waals surface area contributed by atoms with Crippen molar-refractivity contribution in [2.24, 2.45) is 17.8 Å².